The Labute approximate surface area is 136 Å². The number of carbonyl (C=O) groups excluding carboxylic acids is 1. The number of furan rings is 1. The summed E-state index contributed by atoms with van der Waals surface area (Å²) in [5.74, 6) is 0.0794. The molecule has 1 aliphatic heterocycles. The summed E-state index contributed by atoms with van der Waals surface area (Å²) in [6.07, 6.45) is 1.91. The number of nitrogens with zero attached hydrogens (tertiary/aromatic N) is 1. The summed E-state index contributed by atoms with van der Waals surface area (Å²) in [5.41, 5.74) is 5.76. The third-order valence-electron chi connectivity index (χ3n) is 4.01. The highest BCUT2D eigenvalue weighted by Gasteiger charge is 2.33. The fraction of sp³-hybridized carbons (Fsp3) is 0.615. The summed E-state index contributed by atoms with van der Waals surface area (Å²) in [6.45, 7) is 4.49. The minimum absolute atomic E-state index is 0. The van der Waals surface area contributed by atoms with Gasteiger partial charge in [-0.05, 0) is 25.7 Å². The molecule has 1 saturated heterocycles. The van der Waals surface area contributed by atoms with Crippen LogP contribution >= 0.6 is 12.4 Å². The van der Waals surface area contributed by atoms with Crippen LogP contribution in [-0.4, -0.2) is 38.4 Å². The number of amides is 1. The van der Waals surface area contributed by atoms with Crippen LogP contribution < -0.4 is 10.9 Å². The Morgan fingerprint density at radius 3 is 2.64 bits per heavy atom. The number of hydrogen-bond donors (Lipinski definition) is 2. The van der Waals surface area contributed by atoms with E-state index in [2.05, 4.69) is 6.92 Å². The first kappa shape index (κ1) is 19.0. The van der Waals surface area contributed by atoms with Crippen LogP contribution in [0.3, 0.4) is 0 Å². The summed E-state index contributed by atoms with van der Waals surface area (Å²) in [5, 5.41) is 5.09. The van der Waals surface area contributed by atoms with Gasteiger partial charge in [-0.25, -0.2) is 13.6 Å². The molecule has 0 radical (unpaired) electrons. The maximum Gasteiger partial charge on any atom is 0.289 e. The molecule has 1 fully saturated rings. The van der Waals surface area contributed by atoms with Crippen molar-refractivity contribution < 1.29 is 17.6 Å². The zero-order valence-electron chi connectivity index (χ0n) is 12.6. The summed E-state index contributed by atoms with van der Waals surface area (Å²) < 4.78 is 28.1. The average molecular weight is 352 g/mol. The lowest BCUT2D eigenvalue weighted by Gasteiger charge is -2.38. The van der Waals surface area contributed by atoms with Crippen molar-refractivity contribution in [1.82, 2.24) is 4.90 Å². The molecule has 2 heterocycles. The standard InChI is InChI=1S/C13H21N3O4S.ClH/c1-8-4-3-5-16(10(8)7-14)13(17)11-6-12(9(2)20-11)21(15,18)19;/h6,8,10H,3-5,7,14H2,1-2H3,(H2,15,18,19);1H. The average Bonchev–Trinajstić information content (AvgIpc) is 2.79. The summed E-state index contributed by atoms with van der Waals surface area (Å²) >= 11 is 0. The van der Waals surface area contributed by atoms with E-state index >= 15 is 0 Å². The third kappa shape index (κ3) is 3.62. The molecule has 22 heavy (non-hydrogen) atoms. The largest absolute Gasteiger partial charge is 0.455 e. The predicted octanol–water partition coefficient (Wildman–Crippen LogP) is 0.857. The zero-order valence-corrected chi connectivity index (χ0v) is 14.2. The molecule has 1 aromatic rings. The molecular formula is C13H22ClN3O4S. The van der Waals surface area contributed by atoms with E-state index in [9.17, 15) is 13.2 Å². The van der Waals surface area contributed by atoms with E-state index in [0.29, 0.717) is 19.0 Å². The highest BCUT2D eigenvalue weighted by Crippen LogP contribution is 2.26. The van der Waals surface area contributed by atoms with Crippen molar-refractivity contribution >= 4 is 28.3 Å². The molecule has 1 aliphatic rings. The fourth-order valence-corrected chi connectivity index (χ4v) is 3.57. The molecule has 2 unspecified atom stereocenters. The van der Waals surface area contributed by atoms with Crippen LogP contribution in [0.25, 0.3) is 0 Å². The molecule has 0 aromatic carbocycles. The predicted molar refractivity (Wildman–Crippen MR) is 84.3 cm³/mol. The van der Waals surface area contributed by atoms with Gasteiger partial charge in [-0.2, -0.15) is 0 Å². The zero-order chi connectivity index (χ0) is 15.8. The normalized spacial score (nSPS) is 22.3. The van der Waals surface area contributed by atoms with Gasteiger partial charge in [0, 0.05) is 25.2 Å². The van der Waals surface area contributed by atoms with Gasteiger partial charge >= 0.3 is 0 Å². The van der Waals surface area contributed by atoms with Crippen LogP contribution in [0.15, 0.2) is 15.4 Å². The second-order valence-electron chi connectivity index (χ2n) is 5.50. The summed E-state index contributed by atoms with van der Waals surface area (Å²) in [6, 6.07) is 1.13. The molecule has 9 heteroatoms. The second kappa shape index (κ2) is 6.99. The summed E-state index contributed by atoms with van der Waals surface area (Å²) in [4.78, 5) is 14.1. The van der Waals surface area contributed by atoms with E-state index in [1.54, 1.807) is 4.90 Å². The van der Waals surface area contributed by atoms with Crippen LogP contribution in [0, 0.1) is 12.8 Å². The molecule has 0 spiro atoms. The number of sulfonamides is 1. The van der Waals surface area contributed by atoms with Gasteiger partial charge in [-0.1, -0.05) is 6.92 Å². The molecule has 2 rings (SSSR count). The number of rotatable bonds is 3. The molecule has 4 N–H and O–H groups in total. The Morgan fingerprint density at radius 2 is 2.14 bits per heavy atom. The van der Waals surface area contributed by atoms with Gasteiger partial charge in [-0.3, -0.25) is 4.79 Å². The van der Waals surface area contributed by atoms with E-state index < -0.39 is 10.0 Å². The fourth-order valence-electron chi connectivity index (χ4n) is 2.86. The maximum absolute atomic E-state index is 12.5. The first-order chi connectivity index (χ1) is 9.75. The highest BCUT2D eigenvalue weighted by molar-refractivity contribution is 7.89. The number of aryl methyl sites for hydroxylation is 1. The molecule has 0 bridgehead atoms. The Morgan fingerprint density at radius 1 is 1.50 bits per heavy atom. The lowest BCUT2D eigenvalue weighted by atomic mass is 9.90. The Kier molecular flexibility index (Phi) is 6.03. The highest BCUT2D eigenvalue weighted by atomic mass is 35.5. The van der Waals surface area contributed by atoms with Crippen molar-refractivity contribution in [3.63, 3.8) is 0 Å². The van der Waals surface area contributed by atoms with Crippen LogP contribution in [0.2, 0.25) is 0 Å². The van der Waals surface area contributed by atoms with Crippen molar-refractivity contribution in [3.05, 3.63) is 17.6 Å². The van der Waals surface area contributed by atoms with Gasteiger partial charge in [0.05, 0.1) is 0 Å². The molecule has 1 aromatic heterocycles. The number of piperidine rings is 1. The smallest absolute Gasteiger partial charge is 0.289 e. The lowest BCUT2D eigenvalue weighted by Crippen LogP contribution is -2.51. The van der Waals surface area contributed by atoms with E-state index in [0.717, 1.165) is 12.8 Å². The molecule has 1 amide bonds. The van der Waals surface area contributed by atoms with E-state index in [1.807, 2.05) is 0 Å². The molecule has 7 nitrogen and oxygen atoms in total. The van der Waals surface area contributed by atoms with Crippen molar-refractivity contribution in [3.8, 4) is 0 Å². The molecule has 0 aliphatic carbocycles. The van der Waals surface area contributed by atoms with Crippen LogP contribution in [0.4, 0.5) is 0 Å². The monoisotopic (exact) mass is 351 g/mol. The van der Waals surface area contributed by atoms with Crippen LogP contribution in [0.5, 0.6) is 0 Å². The third-order valence-corrected chi connectivity index (χ3v) is 5.03. The van der Waals surface area contributed by atoms with E-state index in [4.69, 9.17) is 15.3 Å². The second-order valence-corrected chi connectivity index (χ2v) is 7.03. The first-order valence-electron chi connectivity index (χ1n) is 6.90. The molecule has 0 saturated carbocycles. The van der Waals surface area contributed by atoms with E-state index in [1.165, 1.54) is 13.0 Å². The number of nitrogens with two attached hydrogens (primary N) is 2. The number of likely N-dealkylation sites (tertiary alicyclic amines) is 1. The van der Waals surface area contributed by atoms with Crippen molar-refractivity contribution in [2.24, 2.45) is 16.8 Å². The molecular weight excluding hydrogens is 330 g/mol. The van der Waals surface area contributed by atoms with Crippen molar-refractivity contribution in [2.45, 2.75) is 37.6 Å². The van der Waals surface area contributed by atoms with Crippen LogP contribution in [0.1, 0.15) is 36.1 Å². The molecule has 126 valence electrons. The minimum Gasteiger partial charge on any atom is -0.455 e. The van der Waals surface area contributed by atoms with Gasteiger partial charge < -0.3 is 15.1 Å². The summed E-state index contributed by atoms with van der Waals surface area (Å²) in [7, 11) is -3.90. The van der Waals surface area contributed by atoms with E-state index in [-0.39, 0.29) is 40.8 Å². The number of hydrogen-bond acceptors (Lipinski definition) is 5. The van der Waals surface area contributed by atoms with Crippen molar-refractivity contribution in [2.75, 3.05) is 13.1 Å². The maximum atomic E-state index is 12.5. The van der Waals surface area contributed by atoms with Gasteiger partial charge in [-0.15, -0.1) is 12.4 Å². The Hall–Kier alpha value is -1.09. The van der Waals surface area contributed by atoms with Gasteiger partial charge in [0.2, 0.25) is 10.0 Å². The number of primary sulfonamides is 1. The lowest BCUT2D eigenvalue weighted by molar-refractivity contribution is 0.0500. The SMILES string of the molecule is Cc1oc(C(=O)N2CCCC(C)C2CN)cc1S(N)(=O)=O.Cl. The minimum atomic E-state index is -3.90. The van der Waals surface area contributed by atoms with Crippen molar-refractivity contribution in [1.29, 1.82) is 0 Å². The Bertz CT molecular complexity index is 644. The first-order valence-corrected chi connectivity index (χ1v) is 8.44. The van der Waals surface area contributed by atoms with Gasteiger partial charge in [0.15, 0.2) is 5.76 Å². The van der Waals surface area contributed by atoms with Crippen LogP contribution in [-0.2, 0) is 10.0 Å². The topological polar surface area (TPSA) is 120 Å². The van der Waals surface area contributed by atoms with Gasteiger partial charge in [0.25, 0.3) is 5.91 Å². The Balaban J connectivity index is 0.00000242. The van der Waals surface area contributed by atoms with Gasteiger partial charge in [0.1, 0.15) is 10.7 Å². The molecule has 2 atom stereocenters. The quantitative estimate of drug-likeness (QED) is 0.836. The number of halogens is 1. The number of carbonyl (C=O) groups is 1.